The van der Waals surface area contributed by atoms with Crippen LogP contribution in [0.25, 0.3) is 11.5 Å². The average molecular weight is 325 g/mol. The molecule has 0 spiro atoms. The Labute approximate surface area is 118 Å². The highest BCUT2D eigenvalue weighted by Gasteiger charge is 2.29. The van der Waals surface area contributed by atoms with Crippen LogP contribution in [0.15, 0.2) is 27.3 Å². The molecule has 6 nitrogen and oxygen atoms in total. The van der Waals surface area contributed by atoms with E-state index in [0.29, 0.717) is 17.4 Å². The van der Waals surface area contributed by atoms with Crippen LogP contribution in [0.1, 0.15) is 18.4 Å². The Kier molecular flexibility index (Phi) is 3.58. The standard InChI is InChI=1S/C12H13BrN4O2/c1-18-7-5-9(15-6-7)12-16-11(17-19-12)10-8(13)3-2-4-14-10/h2-4,7,9,15H,5-6H2,1H3. The zero-order valence-corrected chi connectivity index (χ0v) is 11.9. The van der Waals surface area contributed by atoms with Crippen LogP contribution in [0.2, 0.25) is 0 Å². The molecule has 0 aliphatic carbocycles. The second-order valence-electron chi connectivity index (χ2n) is 4.34. The van der Waals surface area contributed by atoms with Gasteiger partial charge in [-0.3, -0.25) is 4.98 Å². The number of hydrogen-bond donors (Lipinski definition) is 1. The van der Waals surface area contributed by atoms with E-state index in [9.17, 15) is 0 Å². The minimum Gasteiger partial charge on any atom is -0.380 e. The molecule has 0 amide bonds. The molecule has 0 aromatic carbocycles. The van der Waals surface area contributed by atoms with E-state index in [4.69, 9.17) is 9.26 Å². The predicted octanol–water partition coefficient (Wildman–Crippen LogP) is 1.94. The van der Waals surface area contributed by atoms with Crippen LogP contribution >= 0.6 is 15.9 Å². The van der Waals surface area contributed by atoms with Gasteiger partial charge in [0.15, 0.2) is 0 Å². The maximum atomic E-state index is 5.31. The molecule has 100 valence electrons. The lowest BCUT2D eigenvalue weighted by Gasteiger charge is -2.04. The first-order valence-corrected chi connectivity index (χ1v) is 6.78. The number of pyridine rings is 1. The number of aromatic nitrogens is 3. The molecule has 1 N–H and O–H groups in total. The third kappa shape index (κ3) is 2.54. The summed E-state index contributed by atoms with van der Waals surface area (Å²) in [4.78, 5) is 8.65. The molecule has 0 radical (unpaired) electrons. The molecule has 2 atom stereocenters. The van der Waals surface area contributed by atoms with Crippen LogP contribution < -0.4 is 5.32 Å². The van der Waals surface area contributed by atoms with Crippen molar-refractivity contribution < 1.29 is 9.26 Å². The second-order valence-corrected chi connectivity index (χ2v) is 5.20. The monoisotopic (exact) mass is 324 g/mol. The first kappa shape index (κ1) is 12.7. The van der Waals surface area contributed by atoms with Gasteiger partial charge in [0, 0.05) is 24.3 Å². The third-order valence-corrected chi connectivity index (χ3v) is 3.77. The average Bonchev–Trinajstić information content (AvgIpc) is 3.08. The van der Waals surface area contributed by atoms with Crippen LogP contribution in [-0.4, -0.2) is 34.9 Å². The highest BCUT2D eigenvalue weighted by molar-refractivity contribution is 9.10. The molecule has 0 saturated carbocycles. The van der Waals surface area contributed by atoms with Gasteiger partial charge in [0.1, 0.15) is 5.69 Å². The van der Waals surface area contributed by atoms with Crippen molar-refractivity contribution >= 4 is 15.9 Å². The van der Waals surface area contributed by atoms with E-state index in [2.05, 4.69) is 36.4 Å². The van der Waals surface area contributed by atoms with Crippen LogP contribution in [0.5, 0.6) is 0 Å². The van der Waals surface area contributed by atoms with Crippen molar-refractivity contribution in [3.8, 4) is 11.5 Å². The van der Waals surface area contributed by atoms with Gasteiger partial charge in [-0.05, 0) is 34.5 Å². The summed E-state index contributed by atoms with van der Waals surface area (Å²) in [5, 5.41) is 7.28. The van der Waals surface area contributed by atoms with Gasteiger partial charge in [-0.1, -0.05) is 5.16 Å². The van der Waals surface area contributed by atoms with Crippen molar-refractivity contribution in [2.45, 2.75) is 18.6 Å². The molecule has 3 heterocycles. The fourth-order valence-corrected chi connectivity index (χ4v) is 2.53. The van der Waals surface area contributed by atoms with Crippen molar-refractivity contribution in [1.82, 2.24) is 20.4 Å². The van der Waals surface area contributed by atoms with Crippen LogP contribution in [0.3, 0.4) is 0 Å². The maximum Gasteiger partial charge on any atom is 0.244 e. The first-order chi connectivity index (χ1) is 9.28. The Morgan fingerprint density at radius 2 is 2.42 bits per heavy atom. The van der Waals surface area contributed by atoms with Gasteiger partial charge in [-0.25, -0.2) is 0 Å². The van der Waals surface area contributed by atoms with E-state index in [-0.39, 0.29) is 12.1 Å². The lowest BCUT2D eigenvalue weighted by molar-refractivity contribution is 0.116. The summed E-state index contributed by atoms with van der Waals surface area (Å²) in [6.45, 7) is 0.798. The summed E-state index contributed by atoms with van der Waals surface area (Å²) in [5.41, 5.74) is 0.679. The number of rotatable bonds is 3. The molecule has 2 aromatic rings. The fourth-order valence-electron chi connectivity index (χ4n) is 2.09. The zero-order valence-electron chi connectivity index (χ0n) is 10.3. The van der Waals surface area contributed by atoms with E-state index in [1.54, 1.807) is 13.3 Å². The number of hydrogen-bond acceptors (Lipinski definition) is 6. The number of nitrogens with one attached hydrogen (secondary N) is 1. The molecule has 1 fully saturated rings. The zero-order chi connectivity index (χ0) is 13.2. The molecule has 7 heteroatoms. The smallest absolute Gasteiger partial charge is 0.244 e. The molecular weight excluding hydrogens is 312 g/mol. The van der Waals surface area contributed by atoms with Crippen molar-refractivity contribution in [3.05, 3.63) is 28.7 Å². The Morgan fingerprint density at radius 1 is 1.53 bits per heavy atom. The lowest BCUT2D eigenvalue weighted by Crippen LogP contribution is -2.16. The van der Waals surface area contributed by atoms with Crippen LogP contribution in [-0.2, 0) is 4.74 Å². The molecular formula is C12H13BrN4O2. The van der Waals surface area contributed by atoms with Crippen molar-refractivity contribution in [2.75, 3.05) is 13.7 Å². The molecule has 2 aromatic heterocycles. The minimum absolute atomic E-state index is 0.0497. The molecule has 3 rings (SSSR count). The molecule has 2 unspecified atom stereocenters. The van der Waals surface area contributed by atoms with Gasteiger partial charge in [-0.15, -0.1) is 0 Å². The Bertz CT molecular complexity index is 574. The Balaban J connectivity index is 1.82. The predicted molar refractivity (Wildman–Crippen MR) is 71.4 cm³/mol. The van der Waals surface area contributed by atoms with Gasteiger partial charge in [0.2, 0.25) is 11.7 Å². The Morgan fingerprint density at radius 3 is 3.16 bits per heavy atom. The molecule has 1 saturated heterocycles. The van der Waals surface area contributed by atoms with E-state index >= 15 is 0 Å². The SMILES string of the molecule is COC1CNC(c2nc(-c3ncccc3Br)no2)C1. The van der Waals surface area contributed by atoms with Crippen molar-refractivity contribution in [3.63, 3.8) is 0 Å². The molecule has 0 bridgehead atoms. The second kappa shape index (κ2) is 5.36. The first-order valence-electron chi connectivity index (χ1n) is 5.98. The largest absolute Gasteiger partial charge is 0.380 e. The minimum atomic E-state index is 0.0497. The third-order valence-electron chi connectivity index (χ3n) is 3.13. The Hall–Kier alpha value is -1.31. The quantitative estimate of drug-likeness (QED) is 0.930. The van der Waals surface area contributed by atoms with Gasteiger partial charge in [0.25, 0.3) is 0 Å². The van der Waals surface area contributed by atoms with Gasteiger partial charge in [0.05, 0.1) is 12.1 Å². The summed E-state index contributed by atoms with van der Waals surface area (Å²) in [6.07, 6.45) is 2.73. The number of methoxy groups -OCH3 is 1. The van der Waals surface area contributed by atoms with Gasteiger partial charge in [-0.2, -0.15) is 4.98 Å². The number of nitrogens with zero attached hydrogens (tertiary/aromatic N) is 3. The highest BCUT2D eigenvalue weighted by atomic mass is 79.9. The van der Waals surface area contributed by atoms with E-state index in [1.165, 1.54) is 0 Å². The summed E-state index contributed by atoms with van der Waals surface area (Å²) >= 11 is 3.43. The van der Waals surface area contributed by atoms with Crippen molar-refractivity contribution in [2.24, 2.45) is 0 Å². The van der Waals surface area contributed by atoms with Gasteiger partial charge >= 0.3 is 0 Å². The van der Waals surface area contributed by atoms with E-state index in [0.717, 1.165) is 17.4 Å². The van der Waals surface area contributed by atoms with Crippen LogP contribution in [0, 0.1) is 0 Å². The molecule has 1 aliphatic rings. The summed E-state index contributed by atoms with van der Waals surface area (Å²) in [7, 11) is 1.71. The fraction of sp³-hybridized carbons (Fsp3) is 0.417. The number of ether oxygens (including phenoxy) is 1. The molecule has 1 aliphatic heterocycles. The number of halogens is 1. The summed E-state index contributed by atoms with van der Waals surface area (Å²) in [6, 6.07) is 3.79. The van der Waals surface area contributed by atoms with Crippen LogP contribution in [0.4, 0.5) is 0 Å². The molecule has 19 heavy (non-hydrogen) atoms. The van der Waals surface area contributed by atoms with Gasteiger partial charge < -0.3 is 14.6 Å². The summed E-state index contributed by atoms with van der Waals surface area (Å²) in [5.74, 6) is 1.07. The van der Waals surface area contributed by atoms with E-state index < -0.39 is 0 Å². The normalized spacial score (nSPS) is 22.8. The maximum absolute atomic E-state index is 5.31. The topological polar surface area (TPSA) is 73.1 Å². The highest BCUT2D eigenvalue weighted by Crippen LogP contribution is 2.27. The van der Waals surface area contributed by atoms with Crippen molar-refractivity contribution in [1.29, 1.82) is 0 Å². The van der Waals surface area contributed by atoms with E-state index in [1.807, 2.05) is 12.1 Å². The summed E-state index contributed by atoms with van der Waals surface area (Å²) < 4.78 is 11.5. The lowest BCUT2D eigenvalue weighted by atomic mass is 10.2.